The highest BCUT2D eigenvalue weighted by molar-refractivity contribution is 5.93. The molecule has 0 aromatic heterocycles. The van der Waals surface area contributed by atoms with Crippen LogP contribution >= 0.6 is 0 Å². The summed E-state index contributed by atoms with van der Waals surface area (Å²) >= 11 is 0. The zero-order chi connectivity index (χ0) is 18.2. The van der Waals surface area contributed by atoms with Crippen molar-refractivity contribution in [1.29, 1.82) is 0 Å². The first-order valence-electron chi connectivity index (χ1n) is 8.36. The Labute approximate surface area is 149 Å². The number of carbonyl (C=O) groups excluding carboxylic acids is 1. The lowest BCUT2D eigenvalue weighted by atomic mass is 9.94. The van der Waals surface area contributed by atoms with E-state index >= 15 is 0 Å². The summed E-state index contributed by atoms with van der Waals surface area (Å²) in [6, 6.07) is 14.9. The molecule has 1 amide bonds. The van der Waals surface area contributed by atoms with E-state index in [1.54, 1.807) is 7.11 Å². The van der Waals surface area contributed by atoms with E-state index in [4.69, 9.17) is 15.2 Å². The van der Waals surface area contributed by atoms with Crippen molar-refractivity contribution < 1.29 is 14.3 Å². The summed E-state index contributed by atoms with van der Waals surface area (Å²) in [4.78, 5) is 12.5. The third-order valence-electron chi connectivity index (χ3n) is 4.15. The van der Waals surface area contributed by atoms with Crippen molar-refractivity contribution in [3.8, 4) is 5.75 Å². The lowest BCUT2D eigenvalue weighted by molar-refractivity contribution is -0.120. The molecular formula is C20H26N2O3. The Morgan fingerprint density at radius 2 is 1.88 bits per heavy atom. The van der Waals surface area contributed by atoms with E-state index in [0.29, 0.717) is 13.2 Å². The van der Waals surface area contributed by atoms with E-state index in [0.717, 1.165) is 22.6 Å². The number of ether oxygens (including phenoxy) is 2. The van der Waals surface area contributed by atoms with Crippen LogP contribution in [0.1, 0.15) is 24.1 Å². The Kier molecular flexibility index (Phi) is 6.98. The second kappa shape index (κ2) is 9.20. The van der Waals surface area contributed by atoms with Gasteiger partial charge in [0.2, 0.25) is 5.91 Å². The fourth-order valence-electron chi connectivity index (χ4n) is 2.48. The Morgan fingerprint density at radius 3 is 2.52 bits per heavy atom. The number of nitrogens with two attached hydrogens (primary N) is 1. The minimum Gasteiger partial charge on any atom is -0.491 e. The van der Waals surface area contributed by atoms with Crippen molar-refractivity contribution in [3.05, 3.63) is 59.7 Å². The molecule has 2 unspecified atom stereocenters. The smallest absolute Gasteiger partial charge is 0.229 e. The van der Waals surface area contributed by atoms with Crippen LogP contribution in [-0.2, 0) is 9.53 Å². The number of benzene rings is 2. The molecule has 5 nitrogen and oxygen atoms in total. The van der Waals surface area contributed by atoms with Crippen LogP contribution in [0.5, 0.6) is 5.75 Å². The summed E-state index contributed by atoms with van der Waals surface area (Å²) in [6.45, 7) is 4.79. The number of carbonyl (C=O) groups is 1. The van der Waals surface area contributed by atoms with E-state index in [1.807, 2.05) is 62.4 Å². The van der Waals surface area contributed by atoms with E-state index in [-0.39, 0.29) is 17.9 Å². The van der Waals surface area contributed by atoms with Gasteiger partial charge in [-0.25, -0.2) is 0 Å². The van der Waals surface area contributed by atoms with E-state index in [9.17, 15) is 4.79 Å². The number of hydrogen-bond acceptors (Lipinski definition) is 4. The number of amides is 1. The van der Waals surface area contributed by atoms with Crippen LogP contribution in [-0.4, -0.2) is 26.2 Å². The lowest BCUT2D eigenvalue weighted by Gasteiger charge is -2.20. The SMILES string of the molecule is COCCOc1ccc(NC(=O)C(C)C(N)c2ccccc2)c(C)c1. The second-order valence-electron chi connectivity index (χ2n) is 6.03. The Balaban J connectivity index is 1.99. The summed E-state index contributed by atoms with van der Waals surface area (Å²) in [5.41, 5.74) is 8.87. The van der Waals surface area contributed by atoms with Crippen LogP contribution in [0.4, 0.5) is 5.69 Å². The van der Waals surface area contributed by atoms with Crippen molar-refractivity contribution >= 4 is 11.6 Å². The highest BCUT2D eigenvalue weighted by Gasteiger charge is 2.22. The first-order valence-corrected chi connectivity index (χ1v) is 8.36. The largest absolute Gasteiger partial charge is 0.491 e. The maximum absolute atomic E-state index is 12.5. The lowest BCUT2D eigenvalue weighted by Crippen LogP contribution is -2.30. The summed E-state index contributed by atoms with van der Waals surface area (Å²) in [5, 5.41) is 2.96. The molecule has 0 aliphatic heterocycles. The van der Waals surface area contributed by atoms with E-state index < -0.39 is 0 Å². The minimum absolute atomic E-state index is 0.104. The van der Waals surface area contributed by atoms with Crippen LogP contribution in [0.25, 0.3) is 0 Å². The topological polar surface area (TPSA) is 73.6 Å². The number of rotatable bonds is 8. The van der Waals surface area contributed by atoms with Gasteiger partial charge in [0.15, 0.2) is 0 Å². The Bertz CT molecular complexity index is 689. The predicted octanol–water partition coefficient (Wildman–Crippen LogP) is 3.29. The molecule has 2 rings (SSSR count). The monoisotopic (exact) mass is 342 g/mol. The van der Waals surface area contributed by atoms with Crippen molar-refractivity contribution in [1.82, 2.24) is 0 Å². The molecule has 0 saturated heterocycles. The van der Waals surface area contributed by atoms with Gasteiger partial charge in [0.05, 0.1) is 12.5 Å². The number of methoxy groups -OCH3 is 1. The average molecular weight is 342 g/mol. The fraction of sp³-hybridized carbons (Fsp3) is 0.350. The van der Waals surface area contributed by atoms with Gasteiger partial charge < -0.3 is 20.5 Å². The first-order chi connectivity index (χ1) is 12.0. The Morgan fingerprint density at radius 1 is 1.16 bits per heavy atom. The van der Waals surface area contributed by atoms with Crippen molar-refractivity contribution in [2.24, 2.45) is 11.7 Å². The molecule has 0 radical (unpaired) electrons. The molecule has 0 fully saturated rings. The molecule has 0 bridgehead atoms. The maximum atomic E-state index is 12.5. The van der Waals surface area contributed by atoms with Crippen LogP contribution in [0.3, 0.4) is 0 Å². The summed E-state index contributed by atoms with van der Waals surface area (Å²) in [7, 11) is 1.63. The van der Waals surface area contributed by atoms with E-state index in [1.165, 1.54) is 0 Å². The van der Waals surface area contributed by atoms with Gasteiger partial charge >= 0.3 is 0 Å². The van der Waals surface area contributed by atoms with Gasteiger partial charge in [0.25, 0.3) is 0 Å². The predicted molar refractivity (Wildman–Crippen MR) is 99.7 cm³/mol. The standard InChI is InChI=1S/C20H26N2O3/c1-14-13-17(25-12-11-24-3)9-10-18(14)22-20(23)15(2)19(21)16-7-5-4-6-8-16/h4-10,13,15,19H,11-12,21H2,1-3H3,(H,22,23). The highest BCUT2D eigenvalue weighted by Crippen LogP contribution is 2.24. The van der Waals surface area contributed by atoms with Crippen LogP contribution in [0.2, 0.25) is 0 Å². The average Bonchev–Trinajstić information content (AvgIpc) is 2.63. The third-order valence-corrected chi connectivity index (χ3v) is 4.15. The van der Waals surface area contributed by atoms with Crippen molar-refractivity contribution in [2.45, 2.75) is 19.9 Å². The highest BCUT2D eigenvalue weighted by atomic mass is 16.5. The molecular weight excluding hydrogens is 316 g/mol. The van der Waals surface area contributed by atoms with Gasteiger partial charge in [-0.3, -0.25) is 4.79 Å². The summed E-state index contributed by atoms with van der Waals surface area (Å²) < 4.78 is 10.5. The maximum Gasteiger partial charge on any atom is 0.229 e. The zero-order valence-electron chi connectivity index (χ0n) is 15.0. The van der Waals surface area contributed by atoms with E-state index in [2.05, 4.69) is 5.32 Å². The van der Waals surface area contributed by atoms with Crippen molar-refractivity contribution in [3.63, 3.8) is 0 Å². The number of nitrogens with one attached hydrogen (secondary N) is 1. The van der Waals surface area contributed by atoms with Crippen LogP contribution < -0.4 is 15.8 Å². The molecule has 0 heterocycles. The van der Waals surface area contributed by atoms with Crippen LogP contribution in [0.15, 0.2) is 48.5 Å². The van der Waals surface area contributed by atoms with Gasteiger partial charge in [-0.2, -0.15) is 0 Å². The number of aryl methyl sites for hydroxylation is 1. The molecule has 134 valence electrons. The molecule has 0 saturated carbocycles. The third kappa shape index (κ3) is 5.31. The number of anilines is 1. The second-order valence-corrected chi connectivity index (χ2v) is 6.03. The summed E-state index contributed by atoms with van der Waals surface area (Å²) in [6.07, 6.45) is 0. The molecule has 0 spiro atoms. The molecule has 2 aromatic rings. The molecule has 5 heteroatoms. The first kappa shape index (κ1) is 19.0. The van der Waals surface area contributed by atoms with Gasteiger partial charge in [-0.15, -0.1) is 0 Å². The van der Waals surface area contributed by atoms with Gasteiger partial charge in [-0.05, 0) is 36.2 Å². The van der Waals surface area contributed by atoms with Gasteiger partial charge in [-0.1, -0.05) is 37.3 Å². The summed E-state index contributed by atoms with van der Waals surface area (Å²) in [5.74, 6) is 0.300. The number of hydrogen-bond donors (Lipinski definition) is 2. The van der Waals surface area contributed by atoms with Gasteiger partial charge in [0, 0.05) is 18.8 Å². The molecule has 3 N–H and O–H groups in total. The molecule has 0 aliphatic carbocycles. The molecule has 2 atom stereocenters. The Hall–Kier alpha value is -2.37. The normalized spacial score (nSPS) is 13.1. The van der Waals surface area contributed by atoms with Gasteiger partial charge in [0.1, 0.15) is 12.4 Å². The molecule has 0 aliphatic rings. The molecule has 25 heavy (non-hydrogen) atoms. The van der Waals surface area contributed by atoms with Crippen LogP contribution in [0, 0.1) is 12.8 Å². The minimum atomic E-state index is -0.349. The van der Waals surface area contributed by atoms with Crippen molar-refractivity contribution in [2.75, 3.05) is 25.6 Å². The fourth-order valence-corrected chi connectivity index (χ4v) is 2.48. The molecule has 2 aromatic carbocycles. The zero-order valence-corrected chi connectivity index (χ0v) is 15.0. The quantitative estimate of drug-likeness (QED) is 0.722.